The van der Waals surface area contributed by atoms with Crippen LogP contribution >= 0.6 is 100 Å². The van der Waals surface area contributed by atoms with Crippen LogP contribution in [0, 0.1) is 0 Å². The third-order valence-corrected chi connectivity index (χ3v) is 0. The summed E-state index contributed by atoms with van der Waals surface area (Å²) in [5.74, 6) is 0. The first-order chi connectivity index (χ1) is 2.00. The lowest BCUT2D eigenvalue weighted by molar-refractivity contribution is 2.50. The molecule has 6 heteroatoms. The van der Waals surface area contributed by atoms with E-state index < -0.39 is 0 Å². The molecule has 8 heavy (non-hydrogen) atoms. The van der Waals surface area contributed by atoms with E-state index in [-0.39, 0.29) is 48.7 Å². The Bertz CT molecular complexity index is 12.0. The lowest BCUT2D eigenvalue weighted by Gasteiger charge is -1.07. The Morgan fingerprint density at radius 3 is 0.875 bits per heavy atom. The van der Waals surface area contributed by atoms with E-state index in [4.69, 9.17) is 0 Å². The van der Waals surface area contributed by atoms with Crippen LogP contribution in [-0.2, 0) is 0 Å². The molecule has 2 atom stereocenters. The Hall–Kier alpha value is 3.78. The van der Waals surface area contributed by atoms with Crippen molar-refractivity contribution in [2.24, 2.45) is 0 Å². The average molecular weight is 608 g/mol. The molecule has 0 fully saturated rings. The van der Waals surface area contributed by atoms with Crippen LogP contribution < -0.4 is 0 Å². The fraction of sp³-hybridized carbons (Fsp3) is 1.00. The second kappa shape index (κ2) is 72.2. The summed E-state index contributed by atoms with van der Waals surface area (Å²) < 4.78 is 0. The minimum absolute atomic E-state index is 0. The quantitative estimate of drug-likeness (QED) is 0.271. The molecule has 0 rings (SSSR count). The van der Waals surface area contributed by atoms with Gasteiger partial charge in [-0.2, -0.15) is 9.90 Å². The van der Waals surface area contributed by atoms with Crippen LogP contribution in [-0.4, -0.2) is 0 Å². The number of halogens is 4. The third-order valence-electron chi connectivity index (χ3n) is 0. The number of hydrogen-bond acceptors (Lipinski definition) is 0. The summed E-state index contributed by atoms with van der Waals surface area (Å²) in [6.45, 7) is 2.39. The highest BCUT2D eigenvalue weighted by Crippen LogP contribution is 1.89. The average Bonchev–Trinajstić information content (AvgIpc) is 1.50. The zero-order valence-corrected chi connectivity index (χ0v) is 14.2. The summed E-state index contributed by atoms with van der Waals surface area (Å²) in [7, 11) is 0. The highest BCUT2D eigenvalue weighted by Gasteiger charge is 1.00. The summed E-state index contributed by atoms with van der Waals surface area (Å²) in [4.78, 5) is 0. The monoisotopic (exact) mass is 608 g/mol. The fourth-order valence-electron chi connectivity index (χ4n) is 0. The van der Waals surface area contributed by atoms with Crippen molar-refractivity contribution < 1.29 is 0 Å². The van der Waals surface area contributed by atoms with Gasteiger partial charge in [-0.05, 0) is 0 Å². The van der Waals surface area contributed by atoms with Crippen molar-refractivity contribution in [3.05, 3.63) is 0 Å². The second-order valence-corrected chi connectivity index (χ2v) is 0. The molecule has 0 amide bonds. The molecule has 0 aromatic rings. The standard InChI is InChI=1S/2CH4.I2.H2IP.HI.H3P/c;;2*1-2;;/h2*1H4;;2H2;1H;1H3. The molecular formula is C2H14I4P2. The van der Waals surface area contributed by atoms with Gasteiger partial charge in [-0.15, -0.1) is 24.0 Å². The Morgan fingerprint density at radius 1 is 0.875 bits per heavy atom. The van der Waals surface area contributed by atoms with Gasteiger partial charge in [-0.1, -0.05) is 43.8 Å². The van der Waals surface area contributed by atoms with Gasteiger partial charge in [0.2, 0.25) is 0 Å². The smallest absolute Gasteiger partial charge is 0 e. The molecule has 0 aromatic heterocycles. The van der Waals surface area contributed by atoms with Crippen LogP contribution in [0.2, 0.25) is 0 Å². The molecule has 0 spiro atoms. The zero-order chi connectivity index (χ0) is 4.00. The van der Waals surface area contributed by atoms with Crippen molar-refractivity contribution in [3.8, 4) is 0 Å². The van der Waals surface area contributed by atoms with Crippen molar-refractivity contribution in [2.45, 2.75) is 14.9 Å². The molecule has 0 aliphatic heterocycles. The van der Waals surface area contributed by atoms with Gasteiger partial charge in [0, 0.05) is 37.2 Å². The van der Waals surface area contributed by atoms with Gasteiger partial charge in [-0.3, -0.25) is 0 Å². The summed E-state index contributed by atoms with van der Waals surface area (Å²) in [5.41, 5.74) is 0. The van der Waals surface area contributed by atoms with Crippen molar-refractivity contribution in [2.75, 3.05) is 0 Å². The summed E-state index contributed by atoms with van der Waals surface area (Å²) in [6.07, 6.45) is 0. The van der Waals surface area contributed by atoms with E-state index in [1.54, 1.807) is 0 Å². The van der Waals surface area contributed by atoms with Gasteiger partial charge < -0.3 is 0 Å². The minimum Gasteiger partial charge on any atom is -0.153 e. The second-order valence-electron chi connectivity index (χ2n) is 0. The highest BCUT2D eigenvalue weighted by atomic mass is 128. The van der Waals surface area contributed by atoms with Crippen molar-refractivity contribution in [1.82, 2.24) is 0 Å². The Morgan fingerprint density at radius 2 is 0.875 bits per heavy atom. The van der Waals surface area contributed by atoms with Crippen molar-refractivity contribution >= 4 is 100 Å². The van der Waals surface area contributed by atoms with Gasteiger partial charge in [0.25, 0.3) is 0 Å². The topological polar surface area (TPSA) is 0 Å². The first kappa shape index (κ1) is 41.0. The van der Waals surface area contributed by atoms with Gasteiger partial charge in [-0.25, -0.2) is 0 Å². The van der Waals surface area contributed by atoms with Crippen LogP contribution in [0.5, 0.6) is 0 Å². The van der Waals surface area contributed by atoms with Crippen molar-refractivity contribution in [3.63, 3.8) is 0 Å². The minimum atomic E-state index is 0. The Balaban J connectivity index is -0.00000000167. The molecule has 0 aliphatic rings. The third kappa shape index (κ3) is 52.8. The summed E-state index contributed by atoms with van der Waals surface area (Å²) in [6, 6.07) is 0. The number of hydrogen-bond donors (Lipinski definition) is 0. The van der Waals surface area contributed by atoms with Gasteiger partial charge in [0.1, 0.15) is 0 Å². The summed E-state index contributed by atoms with van der Waals surface area (Å²) >= 11 is 6.31. The van der Waals surface area contributed by atoms with Gasteiger partial charge in [0.05, 0.1) is 0 Å². The highest BCUT2D eigenvalue weighted by molar-refractivity contribution is 15.0. The summed E-state index contributed by atoms with van der Waals surface area (Å²) in [5, 5.41) is 0. The fourth-order valence-corrected chi connectivity index (χ4v) is 0. The molecule has 0 aliphatic carbocycles. The largest absolute Gasteiger partial charge is 0.153 e. The van der Waals surface area contributed by atoms with E-state index in [0.29, 0.717) is 0 Å². The van der Waals surface area contributed by atoms with Gasteiger partial charge >= 0.3 is 0 Å². The van der Waals surface area contributed by atoms with Crippen LogP contribution in [0.25, 0.3) is 0 Å². The normalized spacial score (nSPS) is 1.50. The molecule has 60 valence electrons. The first-order valence-electron chi connectivity index (χ1n) is 0.361. The van der Waals surface area contributed by atoms with E-state index in [9.17, 15) is 0 Å². The maximum atomic E-state index is 2.39. The lowest BCUT2D eigenvalue weighted by atomic mass is 12.0. The van der Waals surface area contributed by atoms with Crippen molar-refractivity contribution in [1.29, 1.82) is 0 Å². The van der Waals surface area contributed by atoms with Crippen LogP contribution in [0.3, 0.4) is 0 Å². The Kier molecular flexibility index (Phi) is 370. The molecule has 2 unspecified atom stereocenters. The van der Waals surface area contributed by atoms with E-state index in [1.807, 2.05) is 0 Å². The Labute approximate surface area is 113 Å². The number of rotatable bonds is 0. The first-order valence-corrected chi connectivity index (χ1v) is 10.8. The molecule has 0 bridgehead atoms. The molecule has 0 radical (unpaired) electrons. The predicted molar refractivity (Wildman–Crippen MR) is 91.8 cm³/mol. The zero-order valence-electron chi connectivity index (χ0n) is 2.83. The van der Waals surface area contributed by atoms with Crippen LogP contribution in [0.4, 0.5) is 0 Å². The maximum absolute atomic E-state index is 2.39. The lowest BCUT2D eigenvalue weighted by Crippen LogP contribution is -0.127. The van der Waals surface area contributed by atoms with E-state index in [2.05, 4.69) is 66.2 Å². The van der Waals surface area contributed by atoms with Crippen LogP contribution in [0.1, 0.15) is 14.9 Å². The van der Waals surface area contributed by atoms with E-state index in [1.165, 1.54) is 0 Å². The van der Waals surface area contributed by atoms with E-state index in [0.717, 1.165) is 0 Å². The predicted octanol–water partition coefficient (Wildman–Crippen LogP) is 4.93. The molecule has 0 saturated heterocycles. The van der Waals surface area contributed by atoms with Gasteiger partial charge in [0.15, 0.2) is 0 Å². The molecular weight excluding hydrogens is 594 g/mol. The SMILES string of the molecule is C.C.I.II.P.PI. The molecule has 0 heterocycles. The van der Waals surface area contributed by atoms with Crippen LogP contribution in [0.15, 0.2) is 0 Å². The molecule has 0 aromatic carbocycles. The molecule has 0 saturated carbocycles. The maximum Gasteiger partial charge on any atom is 0 e. The molecule has 0 N–H and O–H groups in total. The molecule has 0 nitrogen and oxygen atoms in total. The van der Waals surface area contributed by atoms with E-state index >= 15 is 0 Å².